The van der Waals surface area contributed by atoms with Crippen LogP contribution in [-0.2, 0) is 0 Å². The first-order valence-electron chi connectivity index (χ1n) is 6.38. The van der Waals surface area contributed by atoms with E-state index >= 15 is 0 Å². The molecule has 6 heteroatoms. The lowest BCUT2D eigenvalue weighted by Crippen LogP contribution is -2.46. The van der Waals surface area contributed by atoms with Crippen molar-refractivity contribution in [3.63, 3.8) is 0 Å². The summed E-state index contributed by atoms with van der Waals surface area (Å²) < 4.78 is 14.4. The number of thiocarbonyl (C=S) groups is 1. The topological polar surface area (TPSA) is 46.3 Å². The Hall–Kier alpha value is -1.01. The van der Waals surface area contributed by atoms with Crippen molar-refractivity contribution in [2.45, 2.75) is 19.8 Å². The Morgan fingerprint density at radius 1 is 1.45 bits per heavy atom. The molecule has 0 aliphatic carbocycles. The number of likely N-dealkylation sites (tertiary alicyclic amines) is 1. The van der Waals surface area contributed by atoms with Gasteiger partial charge in [0.2, 0.25) is 0 Å². The molecule has 2 rings (SSSR count). The van der Waals surface area contributed by atoms with E-state index in [1.54, 1.807) is 11.0 Å². The zero-order valence-corrected chi connectivity index (χ0v) is 13.6. The second kappa shape index (κ2) is 5.77. The molecule has 108 valence electrons. The van der Waals surface area contributed by atoms with Crippen molar-refractivity contribution in [2.75, 3.05) is 13.1 Å². The number of amides is 1. The molecule has 1 fully saturated rings. The van der Waals surface area contributed by atoms with Crippen molar-refractivity contribution >= 4 is 39.0 Å². The van der Waals surface area contributed by atoms with Gasteiger partial charge in [0.05, 0.1) is 10.6 Å². The summed E-state index contributed by atoms with van der Waals surface area (Å²) in [6.45, 7) is 3.09. The van der Waals surface area contributed by atoms with Gasteiger partial charge >= 0.3 is 0 Å². The number of benzene rings is 1. The summed E-state index contributed by atoms with van der Waals surface area (Å²) >= 11 is 8.33. The summed E-state index contributed by atoms with van der Waals surface area (Å²) in [5.41, 5.74) is 5.63. The second-order valence-electron chi connectivity index (χ2n) is 5.34. The van der Waals surface area contributed by atoms with Crippen molar-refractivity contribution in [1.82, 2.24) is 4.90 Å². The van der Waals surface area contributed by atoms with Crippen LogP contribution in [0.15, 0.2) is 22.7 Å². The van der Waals surface area contributed by atoms with Crippen LogP contribution >= 0.6 is 28.1 Å². The van der Waals surface area contributed by atoms with Gasteiger partial charge in [-0.25, -0.2) is 4.39 Å². The van der Waals surface area contributed by atoms with E-state index in [-0.39, 0.29) is 16.9 Å². The highest BCUT2D eigenvalue weighted by atomic mass is 79.9. The predicted octanol–water partition coefficient (Wildman–Crippen LogP) is 3.12. The molecule has 1 heterocycles. The molecule has 0 radical (unpaired) electrons. The van der Waals surface area contributed by atoms with Crippen LogP contribution in [-0.4, -0.2) is 28.9 Å². The van der Waals surface area contributed by atoms with Crippen molar-refractivity contribution in [2.24, 2.45) is 11.1 Å². The van der Waals surface area contributed by atoms with E-state index in [2.05, 4.69) is 15.9 Å². The summed E-state index contributed by atoms with van der Waals surface area (Å²) in [6.07, 6.45) is 1.42. The third kappa shape index (κ3) is 3.01. The number of rotatable bonds is 2. The van der Waals surface area contributed by atoms with E-state index in [0.717, 1.165) is 0 Å². The van der Waals surface area contributed by atoms with Crippen molar-refractivity contribution < 1.29 is 9.18 Å². The molecular weight excluding hydrogens is 343 g/mol. The fourth-order valence-corrected chi connectivity index (χ4v) is 2.85. The predicted molar refractivity (Wildman–Crippen MR) is 84.1 cm³/mol. The van der Waals surface area contributed by atoms with Crippen LogP contribution in [0.1, 0.15) is 30.1 Å². The average molecular weight is 359 g/mol. The Morgan fingerprint density at radius 2 is 2.05 bits per heavy atom. The number of hydrogen-bond acceptors (Lipinski definition) is 2. The zero-order chi connectivity index (χ0) is 14.9. The maximum Gasteiger partial charge on any atom is 0.256 e. The molecule has 0 saturated carbocycles. The van der Waals surface area contributed by atoms with Gasteiger partial charge in [0.1, 0.15) is 5.82 Å². The highest BCUT2D eigenvalue weighted by Gasteiger charge is 2.34. The average Bonchev–Trinajstić information content (AvgIpc) is 2.41. The molecule has 3 nitrogen and oxygen atoms in total. The molecule has 0 spiro atoms. The van der Waals surface area contributed by atoms with Crippen molar-refractivity contribution in [3.8, 4) is 0 Å². The minimum Gasteiger partial charge on any atom is -0.393 e. The van der Waals surface area contributed by atoms with E-state index in [1.165, 1.54) is 12.1 Å². The number of nitrogens with zero attached hydrogens (tertiary/aromatic N) is 1. The number of carbonyl (C=O) groups excluding carboxylic acids is 1. The highest BCUT2D eigenvalue weighted by molar-refractivity contribution is 9.10. The number of carbonyl (C=O) groups is 1. The summed E-state index contributed by atoms with van der Waals surface area (Å²) in [7, 11) is 0. The van der Waals surface area contributed by atoms with E-state index in [1.807, 2.05) is 6.92 Å². The van der Waals surface area contributed by atoms with Crippen molar-refractivity contribution in [3.05, 3.63) is 34.1 Å². The van der Waals surface area contributed by atoms with Crippen molar-refractivity contribution in [1.29, 1.82) is 0 Å². The first kappa shape index (κ1) is 15.4. The molecule has 1 aromatic carbocycles. The molecule has 0 aromatic heterocycles. The highest BCUT2D eigenvalue weighted by Crippen LogP contribution is 2.32. The first-order chi connectivity index (χ1) is 9.33. The molecule has 1 aromatic rings. The maximum absolute atomic E-state index is 13.7. The van der Waals surface area contributed by atoms with Gasteiger partial charge in [-0.2, -0.15) is 0 Å². The van der Waals surface area contributed by atoms with Gasteiger partial charge in [0, 0.05) is 23.0 Å². The molecule has 1 aliphatic rings. The Kier molecular flexibility index (Phi) is 4.44. The number of nitrogens with two attached hydrogens (primary N) is 1. The Balaban J connectivity index is 2.13. The summed E-state index contributed by atoms with van der Waals surface area (Å²) in [4.78, 5) is 14.5. The van der Waals surface area contributed by atoms with Crippen LogP contribution in [0.25, 0.3) is 0 Å². The minimum absolute atomic E-state index is 0.0957. The fraction of sp³-hybridized carbons (Fsp3) is 0.429. The normalized spacial score (nSPS) is 17.9. The molecule has 20 heavy (non-hydrogen) atoms. The van der Waals surface area contributed by atoms with E-state index in [0.29, 0.717) is 35.4 Å². The summed E-state index contributed by atoms with van der Waals surface area (Å²) in [5, 5.41) is 0. The third-order valence-electron chi connectivity index (χ3n) is 3.91. The van der Waals surface area contributed by atoms with Gasteiger partial charge in [-0.15, -0.1) is 0 Å². The molecular formula is C14H16BrFN2OS. The minimum atomic E-state index is -0.499. The summed E-state index contributed by atoms with van der Waals surface area (Å²) in [5.74, 6) is -0.783. The fourth-order valence-electron chi connectivity index (χ4n) is 2.28. The molecule has 2 N–H and O–H groups in total. The molecule has 0 unspecified atom stereocenters. The quantitative estimate of drug-likeness (QED) is 0.826. The molecule has 1 saturated heterocycles. The second-order valence-corrected chi connectivity index (χ2v) is 6.70. The lowest BCUT2D eigenvalue weighted by Gasteiger charge is -2.38. The Morgan fingerprint density at radius 3 is 2.60 bits per heavy atom. The molecule has 1 amide bonds. The lowest BCUT2D eigenvalue weighted by atomic mass is 9.80. The van der Waals surface area contributed by atoms with Gasteiger partial charge < -0.3 is 10.6 Å². The molecule has 1 aliphatic heterocycles. The summed E-state index contributed by atoms with van der Waals surface area (Å²) in [6, 6.07) is 4.38. The van der Waals surface area contributed by atoms with Crippen LogP contribution in [0.2, 0.25) is 0 Å². The van der Waals surface area contributed by atoms with Gasteiger partial charge in [-0.3, -0.25) is 4.79 Å². The van der Waals surface area contributed by atoms with Gasteiger partial charge in [0.25, 0.3) is 5.91 Å². The maximum atomic E-state index is 13.7. The van der Waals surface area contributed by atoms with E-state index < -0.39 is 5.82 Å². The smallest absolute Gasteiger partial charge is 0.256 e. The van der Waals surface area contributed by atoms with Crippen LogP contribution in [0.3, 0.4) is 0 Å². The third-order valence-corrected chi connectivity index (χ3v) is 4.89. The molecule has 0 bridgehead atoms. The SMILES string of the molecule is CC1(C(N)=S)CCN(C(=O)c2cc(Br)ccc2F)CC1. The van der Waals surface area contributed by atoms with Crippen LogP contribution in [0, 0.1) is 11.2 Å². The first-order valence-corrected chi connectivity index (χ1v) is 7.58. The zero-order valence-electron chi connectivity index (χ0n) is 11.2. The Labute approximate surface area is 131 Å². The van der Waals surface area contributed by atoms with Gasteiger partial charge in [-0.1, -0.05) is 35.1 Å². The van der Waals surface area contributed by atoms with Crippen LogP contribution in [0.4, 0.5) is 4.39 Å². The van der Waals surface area contributed by atoms with Crippen LogP contribution in [0.5, 0.6) is 0 Å². The van der Waals surface area contributed by atoms with Gasteiger partial charge in [-0.05, 0) is 31.0 Å². The largest absolute Gasteiger partial charge is 0.393 e. The monoisotopic (exact) mass is 358 g/mol. The lowest BCUT2D eigenvalue weighted by molar-refractivity contribution is 0.0665. The number of halogens is 2. The number of piperidine rings is 1. The molecule has 0 atom stereocenters. The van der Waals surface area contributed by atoms with Crippen LogP contribution < -0.4 is 5.73 Å². The van der Waals surface area contributed by atoms with E-state index in [4.69, 9.17) is 18.0 Å². The number of hydrogen-bond donors (Lipinski definition) is 1. The standard InChI is InChI=1S/C14H16BrFN2OS/c1-14(13(17)20)4-6-18(7-5-14)12(19)10-8-9(15)2-3-11(10)16/h2-3,8H,4-7H2,1H3,(H2,17,20). The Bertz CT molecular complexity index is 556. The van der Waals surface area contributed by atoms with E-state index in [9.17, 15) is 9.18 Å². The van der Waals surface area contributed by atoms with Gasteiger partial charge in [0.15, 0.2) is 0 Å².